The number of hydrogen-bond donors (Lipinski definition) is 1. The molecule has 1 aliphatic heterocycles. The number of carbonyl (C=O) groups is 1. The molecular weight excluding hydrogens is 461 g/mol. The van der Waals surface area contributed by atoms with Crippen LogP contribution < -0.4 is 14.4 Å². The first kappa shape index (κ1) is 22.5. The minimum atomic E-state index is -4.54. The molecule has 1 aliphatic rings. The van der Waals surface area contributed by atoms with Crippen LogP contribution in [-0.2, 0) is 16.2 Å². The van der Waals surface area contributed by atoms with Gasteiger partial charge in [0.2, 0.25) is 0 Å². The predicted octanol–water partition coefficient (Wildman–Crippen LogP) is 3.64. The lowest BCUT2D eigenvalue weighted by Crippen LogP contribution is -2.32. The van der Waals surface area contributed by atoms with Gasteiger partial charge >= 0.3 is 6.18 Å². The van der Waals surface area contributed by atoms with Crippen LogP contribution in [0.1, 0.15) is 21.7 Å². The first-order chi connectivity index (χ1) is 15.6. The largest absolute Gasteiger partial charge is 0.490 e. The number of nitrogens with one attached hydrogen (secondary N) is 1. The number of rotatable bonds is 3. The lowest BCUT2D eigenvalue weighted by atomic mass is 10.2. The molecule has 3 aromatic rings. The van der Waals surface area contributed by atoms with E-state index in [2.05, 4.69) is 15.3 Å². The molecule has 2 aromatic carbocycles. The van der Waals surface area contributed by atoms with Crippen molar-refractivity contribution in [2.75, 3.05) is 22.8 Å². The highest BCUT2D eigenvalue weighted by atomic mass is 32.2. The Morgan fingerprint density at radius 1 is 1.09 bits per heavy atom. The zero-order chi connectivity index (χ0) is 23.8. The molecule has 0 atom stereocenters. The van der Waals surface area contributed by atoms with Crippen molar-refractivity contribution in [3.8, 4) is 5.75 Å². The zero-order valence-electron chi connectivity index (χ0n) is 17.1. The summed E-state index contributed by atoms with van der Waals surface area (Å²) in [5.41, 5.74) is -0.465. The minimum absolute atomic E-state index is 0.0142. The number of aryl methyl sites for hydroxylation is 1. The van der Waals surface area contributed by atoms with E-state index in [1.54, 1.807) is 6.92 Å². The van der Waals surface area contributed by atoms with Crippen LogP contribution in [0.5, 0.6) is 5.75 Å². The normalized spacial score (nSPS) is 15.2. The van der Waals surface area contributed by atoms with Crippen molar-refractivity contribution in [2.24, 2.45) is 0 Å². The molecule has 0 unspecified atom stereocenters. The summed E-state index contributed by atoms with van der Waals surface area (Å²) >= 11 is 0. The van der Waals surface area contributed by atoms with Crippen molar-refractivity contribution in [1.29, 1.82) is 0 Å². The Hall–Kier alpha value is -3.67. The molecule has 172 valence electrons. The van der Waals surface area contributed by atoms with E-state index in [-0.39, 0.29) is 40.7 Å². The topological polar surface area (TPSA) is 101 Å². The number of anilines is 2. The number of alkyl halides is 3. The highest BCUT2D eigenvalue weighted by Gasteiger charge is 2.33. The quantitative estimate of drug-likeness (QED) is 0.617. The highest BCUT2D eigenvalue weighted by Crippen LogP contribution is 2.36. The molecule has 2 heterocycles. The van der Waals surface area contributed by atoms with Crippen molar-refractivity contribution in [3.05, 3.63) is 71.8 Å². The van der Waals surface area contributed by atoms with Gasteiger partial charge in [-0.1, -0.05) is 0 Å². The Bertz CT molecular complexity index is 1290. The van der Waals surface area contributed by atoms with Gasteiger partial charge in [0.05, 0.1) is 23.4 Å². The third-order valence-electron chi connectivity index (χ3n) is 4.85. The summed E-state index contributed by atoms with van der Waals surface area (Å²) in [4.78, 5) is 20.1. The van der Waals surface area contributed by atoms with Gasteiger partial charge < -0.3 is 10.1 Å². The van der Waals surface area contributed by atoms with E-state index in [0.717, 1.165) is 28.6 Å². The van der Waals surface area contributed by atoms with Crippen molar-refractivity contribution < 1.29 is 31.1 Å². The van der Waals surface area contributed by atoms with Gasteiger partial charge in [0, 0.05) is 18.1 Å². The number of carbonyl (C=O) groups excluding carboxylic acids is 1. The van der Waals surface area contributed by atoms with Crippen LogP contribution in [0, 0.1) is 6.92 Å². The van der Waals surface area contributed by atoms with E-state index < -0.39 is 27.7 Å². The fourth-order valence-corrected chi connectivity index (χ4v) is 4.79. The molecule has 0 saturated heterocycles. The van der Waals surface area contributed by atoms with Gasteiger partial charge in [-0.2, -0.15) is 13.2 Å². The van der Waals surface area contributed by atoms with E-state index in [9.17, 15) is 26.4 Å². The summed E-state index contributed by atoms with van der Waals surface area (Å²) < 4.78 is 71.8. The smallest absolute Gasteiger partial charge is 0.416 e. The van der Waals surface area contributed by atoms with Crippen molar-refractivity contribution in [2.45, 2.75) is 18.0 Å². The van der Waals surface area contributed by atoms with Crippen LogP contribution in [0.4, 0.5) is 24.5 Å². The highest BCUT2D eigenvalue weighted by molar-refractivity contribution is 7.93. The SMILES string of the molecule is Cc1ncc(C(=O)Nc2ccc3c(c2)S(=O)(=O)N(c2ccc(C(F)(F)F)cc2)CCO3)cn1. The van der Waals surface area contributed by atoms with E-state index in [1.807, 2.05) is 0 Å². The molecule has 12 heteroatoms. The van der Waals surface area contributed by atoms with Crippen molar-refractivity contribution in [3.63, 3.8) is 0 Å². The molecule has 1 amide bonds. The third kappa shape index (κ3) is 4.60. The zero-order valence-corrected chi connectivity index (χ0v) is 17.9. The van der Waals surface area contributed by atoms with E-state index in [0.29, 0.717) is 5.82 Å². The minimum Gasteiger partial charge on any atom is -0.490 e. The van der Waals surface area contributed by atoms with E-state index >= 15 is 0 Å². The average Bonchev–Trinajstić information content (AvgIpc) is 2.89. The molecule has 33 heavy (non-hydrogen) atoms. The maximum absolute atomic E-state index is 13.3. The molecule has 0 aliphatic carbocycles. The maximum Gasteiger partial charge on any atom is 0.416 e. The molecule has 1 N–H and O–H groups in total. The van der Waals surface area contributed by atoms with Gasteiger partial charge in [-0.25, -0.2) is 18.4 Å². The number of ether oxygens (including phenoxy) is 1. The second kappa shape index (κ2) is 8.35. The number of benzene rings is 2. The maximum atomic E-state index is 13.3. The van der Waals surface area contributed by atoms with Crippen LogP contribution in [0.3, 0.4) is 0 Å². The Kier molecular flexibility index (Phi) is 5.70. The molecule has 0 spiro atoms. The standard InChI is InChI=1S/C21H17F3N4O4S/c1-13-25-11-14(12-26-13)20(29)27-16-4-7-18-19(10-16)33(30,31)28(8-9-32-18)17-5-2-15(3-6-17)21(22,23)24/h2-7,10-12H,8-9H2,1H3,(H,27,29). The molecule has 1 aromatic heterocycles. The number of amides is 1. The van der Waals surface area contributed by atoms with Gasteiger partial charge in [0.15, 0.2) is 0 Å². The molecule has 0 saturated carbocycles. The molecule has 0 radical (unpaired) electrons. The number of hydrogen-bond acceptors (Lipinski definition) is 6. The van der Waals surface area contributed by atoms with Gasteiger partial charge in [-0.3, -0.25) is 9.10 Å². The molecule has 0 fully saturated rings. The number of aromatic nitrogens is 2. The van der Waals surface area contributed by atoms with Gasteiger partial charge in [0.25, 0.3) is 15.9 Å². The third-order valence-corrected chi connectivity index (χ3v) is 6.70. The summed E-state index contributed by atoms with van der Waals surface area (Å²) in [5.74, 6) is 0.0192. The number of sulfonamides is 1. The lowest BCUT2D eigenvalue weighted by Gasteiger charge is -2.22. The lowest BCUT2D eigenvalue weighted by molar-refractivity contribution is -0.137. The molecule has 8 nitrogen and oxygen atoms in total. The van der Waals surface area contributed by atoms with Crippen LogP contribution in [0.15, 0.2) is 59.8 Å². The van der Waals surface area contributed by atoms with Gasteiger partial charge in [-0.15, -0.1) is 0 Å². The average molecular weight is 478 g/mol. The molecule has 4 rings (SSSR count). The summed E-state index contributed by atoms with van der Waals surface area (Å²) in [6.07, 6.45) is -1.86. The molecule has 0 bridgehead atoms. The van der Waals surface area contributed by atoms with Crippen molar-refractivity contribution in [1.82, 2.24) is 9.97 Å². The Balaban J connectivity index is 1.65. The van der Waals surface area contributed by atoms with Gasteiger partial charge in [0.1, 0.15) is 23.1 Å². The van der Waals surface area contributed by atoms with E-state index in [1.165, 1.54) is 30.6 Å². The van der Waals surface area contributed by atoms with Crippen LogP contribution in [0.2, 0.25) is 0 Å². The second-order valence-corrected chi connectivity index (χ2v) is 8.94. The number of fused-ring (bicyclic) bond motifs is 1. The Morgan fingerprint density at radius 3 is 2.39 bits per heavy atom. The molecular formula is C21H17F3N4O4S. The van der Waals surface area contributed by atoms with Gasteiger partial charge in [-0.05, 0) is 49.4 Å². The van der Waals surface area contributed by atoms with Crippen LogP contribution in [0.25, 0.3) is 0 Å². The fourth-order valence-electron chi connectivity index (χ4n) is 3.18. The van der Waals surface area contributed by atoms with E-state index in [4.69, 9.17) is 4.74 Å². The summed E-state index contributed by atoms with van der Waals surface area (Å²) in [6.45, 7) is 1.55. The van der Waals surface area contributed by atoms with Crippen molar-refractivity contribution >= 4 is 27.3 Å². The monoisotopic (exact) mass is 478 g/mol. The fraction of sp³-hybridized carbons (Fsp3) is 0.190. The predicted molar refractivity (Wildman–Crippen MR) is 113 cm³/mol. The number of halogens is 3. The van der Waals surface area contributed by atoms with Crippen LogP contribution in [-0.4, -0.2) is 37.4 Å². The second-order valence-electron chi connectivity index (χ2n) is 7.10. The Labute approximate surface area is 187 Å². The number of nitrogens with zero attached hydrogens (tertiary/aromatic N) is 3. The summed E-state index contributed by atoms with van der Waals surface area (Å²) in [5, 5.41) is 2.58. The summed E-state index contributed by atoms with van der Waals surface area (Å²) in [7, 11) is -4.20. The Morgan fingerprint density at radius 2 is 1.76 bits per heavy atom. The van der Waals surface area contributed by atoms with Crippen LogP contribution >= 0.6 is 0 Å². The first-order valence-corrected chi connectivity index (χ1v) is 11.1. The summed E-state index contributed by atoms with van der Waals surface area (Å²) in [6, 6.07) is 7.94. The first-order valence-electron chi connectivity index (χ1n) is 9.62.